The van der Waals surface area contributed by atoms with Crippen LogP contribution in [0.2, 0.25) is 0 Å². The fourth-order valence-corrected chi connectivity index (χ4v) is 2.59. The van der Waals surface area contributed by atoms with Crippen LogP contribution in [0, 0.1) is 0 Å². The molecule has 7 nitrogen and oxygen atoms in total. The Hall–Kier alpha value is -3.22. The first kappa shape index (κ1) is 17.6. The Labute approximate surface area is 152 Å². The lowest BCUT2D eigenvalue weighted by Gasteiger charge is -2.18. The van der Waals surface area contributed by atoms with Crippen molar-refractivity contribution in [1.29, 1.82) is 0 Å². The Morgan fingerprint density at radius 3 is 2.62 bits per heavy atom. The molecular weight excluding hydrogens is 330 g/mol. The highest BCUT2D eigenvalue weighted by Gasteiger charge is 2.12. The van der Waals surface area contributed by atoms with Gasteiger partial charge in [0.2, 0.25) is 0 Å². The SMILES string of the molecule is CCc1ccccc1OCCN(C)C(=O)c1ccc(-n2cnnn2)cc1. The van der Waals surface area contributed by atoms with Crippen LogP contribution in [-0.4, -0.2) is 51.2 Å². The highest BCUT2D eigenvalue weighted by Crippen LogP contribution is 2.18. The van der Waals surface area contributed by atoms with Crippen molar-refractivity contribution in [3.8, 4) is 11.4 Å². The molecule has 3 aromatic rings. The number of carbonyl (C=O) groups excluding carboxylic acids is 1. The lowest BCUT2D eigenvalue weighted by atomic mass is 10.1. The molecule has 1 heterocycles. The summed E-state index contributed by atoms with van der Waals surface area (Å²) in [5, 5.41) is 11.0. The summed E-state index contributed by atoms with van der Waals surface area (Å²) in [6, 6.07) is 15.1. The second-order valence-electron chi connectivity index (χ2n) is 5.84. The lowest BCUT2D eigenvalue weighted by molar-refractivity contribution is 0.0773. The topological polar surface area (TPSA) is 73.1 Å². The zero-order chi connectivity index (χ0) is 18.4. The Balaban J connectivity index is 1.56. The van der Waals surface area contributed by atoms with Crippen molar-refractivity contribution in [2.75, 3.05) is 20.2 Å². The first-order valence-electron chi connectivity index (χ1n) is 8.48. The molecule has 0 aliphatic rings. The second-order valence-corrected chi connectivity index (χ2v) is 5.84. The zero-order valence-corrected chi connectivity index (χ0v) is 14.9. The van der Waals surface area contributed by atoms with Crippen molar-refractivity contribution in [2.45, 2.75) is 13.3 Å². The number of aryl methyl sites for hydroxylation is 1. The third-order valence-corrected chi connectivity index (χ3v) is 4.11. The van der Waals surface area contributed by atoms with Crippen molar-refractivity contribution >= 4 is 5.91 Å². The Morgan fingerprint density at radius 2 is 1.92 bits per heavy atom. The van der Waals surface area contributed by atoms with Crippen LogP contribution in [0.5, 0.6) is 5.75 Å². The van der Waals surface area contributed by atoms with Gasteiger partial charge in [-0.25, -0.2) is 4.68 Å². The number of tetrazole rings is 1. The van der Waals surface area contributed by atoms with E-state index >= 15 is 0 Å². The molecule has 1 aromatic heterocycles. The first-order valence-corrected chi connectivity index (χ1v) is 8.48. The number of para-hydroxylation sites is 1. The third-order valence-electron chi connectivity index (χ3n) is 4.11. The molecule has 0 N–H and O–H groups in total. The van der Waals surface area contributed by atoms with Gasteiger partial charge in [-0.15, -0.1) is 5.10 Å². The van der Waals surface area contributed by atoms with Gasteiger partial charge in [0.25, 0.3) is 5.91 Å². The van der Waals surface area contributed by atoms with Gasteiger partial charge in [0.05, 0.1) is 12.2 Å². The Bertz CT molecular complexity index is 847. The maximum absolute atomic E-state index is 12.5. The minimum atomic E-state index is -0.0550. The summed E-state index contributed by atoms with van der Waals surface area (Å²) < 4.78 is 7.37. The standard InChI is InChI=1S/C19H21N5O2/c1-3-15-6-4-5-7-18(15)26-13-12-23(2)19(25)16-8-10-17(11-9-16)24-14-20-21-22-24/h4-11,14H,3,12-13H2,1-2H3. The van der Waals surface area contributed by atoms with Gasteiger partial charge in [-0.2, -0.15) is 0 Å². The highest BCUT2D eigenvalue weighted by atomic mass is 16.5. The number of amides is 1. The minimum absolute atomic E-state index is 0.0550. The largest absolute Gasteiger partial charge is 0.491 e. The van der Waals surface area contributed by atoms with Gasteiger partial charge in [0.1, 0.15) is 18.7 Å². The van der Waals surface area contributed by atoms with E-state index in [1.54, 1.807) is 24.1 Å². The Morgan fingerprint density at radius 1 is 1.15 bits per heavy atom. The molecule has 0 saturated heterocycles. The van der Waals surface area contributed by atoms with E-state index < -0.39 is 0 Å². The van der Waals surface area contributed by atoms with Crippen molar-refractivity contribution in [2.24, 2.45) is 0 Å². The minimum Gasteiger partial charge on any atom is -0.491 e. The first-order chi connectivity index (χ1) is 12.7. The monoisotopic (exact) mass is 351 g/mol. The molecule has 0 atom stereocenters. The number of carbonyl (C=O) groups is 1. The number of ether oxygens (including phenoxy) is 1. The lowest BCUT2D eigenvalue weighted by Crippen LogP contribution is -2.30. The quantitative estimate of drug-likeness (QED) is 0.653. The van der Waals surface area contributed by atoms with E-state index in [0.717, 1.165) is 17.9 Å². The predicted octanol–water partition coefficient (Wildman–Crippen LogP) is 2.38. The zero-order valence-electron chi connectivity index (χ0n) is 14.9. The molecule has 134 valence electrons. The molecule has 0 spiro atoms. The summed E-state index contributed by atoms with van der Waals surface area (Å²) in [6.07, 6.45) is 2.42. The number of likely N-dealkylation sites (N-methyl/N-ethyl adjacent to an activating group) is 1. The molecule has 7 heteroatoms. The van der Waals surface area contributed by atoms with E-state index in [2.05, 4.69) is 28.5 Å². The van der Waals surface area contributed by atoms with E-state index in [-0.39, 0.29) is 5.91 Å². The van der Waals surface area contributed by atoms with Crippen molar-refractivity contribution < 1.29 is 9.53 Å². The number of rotatable bonds is 7. The molecule has 0 aliphatic carbocycles. The fraction of sp³-hybridized carbons (Fsp3) is 0.263. The van der Waals surface area contributed by atoms with Crippen LogP contribution in [0.3, 0.4) is 0 Å². The maximum Gasteiger partial charge on any atom is 0.253 e. The van der Waals surface area contributed by atoms with Gasteiger partial charge in [-0.3, -0.25) is 4.79 Å². The van der Waals surface area contributed by atoms with Crippen LogP contribution >= 0.6 is 0 Å². The molecule has 0 fully saturated rings. The van der Waals surface area contributed by atoms with E-state index in [1.165, 1.54) is 16.6 Å². The van der Waals surface area contributed by atoms with Gasteiger partial charge in [0, 0.05) is 12.6 Å². The molecule has 2 aromatic carbocycles. The highest BCUT2D eigenvalue weighted by molar-refractivity contribution is 5.94. The summed E-state index contributed by atoms with van der Waals surface area (Å²) in [4.78, 5) is 14.2. The number of hydrogen-bond donors (Lipinski definition) is 0. The smallest absolute Gasteiger partial charge is 0.253 e. The van der Waals surface area contributed by atoms with Crippen molar-refractivity contribution in [3.05, 3.63) is 66.0 Å². The van der Waals surface area contributed by atoms with Crippen LogP contribution < -0.4 is 4.74 Å². The molecule has 0 aliphatic heterocycles. The average molecular weight is 351 g/mol. The number of benzene rings is 2. The molecule has 1 amide bonds. The number of hydrogen-bond acceptors (Lipinski definition) is 5. The maximum atomic E-state index is 12.5. The molecule has 26 heavy (non-hydrogen) atoms. The van der Waals surface area contributed by atoms with Crippen LogP contribution in [0.1, 0.15) is 22.8 Å². The van der Waals surface area contributed by atoms with Gasteiger partial charge >= 0.3 is 0 Å². The van der Waals surface area contributed by atoms with E-state index in [1.807, 2.05) is 30.3 Å². The van der Waals surface area contributed by atoms with Crippen LogP contribution in [0.4, 0.5) is 0 Å². The summed E-state index contributed by atoms with van der Waals surface area (Å²) in [6.45, 7) is 3.05. The van der Waals surface area contributed by atoms with Crippen molar-refractivity contribution in [3.63, 3.8) is 0 Å². The molecule has 0 radical (unpaired) electrons. The normalized spacial score (nSPS) is 10.5. The van der Waals surface area contributed by atoms with Gasteiger partial charge in [-0.1, -0.05) is 25.1 Å². The van der Waals surface area contributed by atoms with Gasteiger partial charge in [0.15, 0.2) is 0 Å². The molecule has 0 saturated carbocycles. The van der Waals surface area contributed by atoms with Crippen LogP contribution in [-0.2, 0) is 6.42 Å². The van der Waals surface area contributed by atoms with E-state index in [0.29, 0.717) is 18.7 Å². The summed E-state index contributed by atoms with van der Waals surface area (Å²) in [7, 11) is 1.77. The van der Waals surface area contributed by atoms with Gasteiger partial charge in [-0.05, 0) is 52.7 Å². The summed E-state index contributed by atoms with van der Waals surface area (Å²) >= 11 is 0. The predicted molar refractivity (Wildman–Crippen MR) is 97.4 cm³/mol. The Kier molecular flexibility index (Phi) is 5.58. The molecule has 3 rings (SSSR count). The van der Waals surface area contributed by atoms with E-state index in [4.69, 9.17) is 4.74 Å². The fourth-order valence-electron chi connectivity index (χ4n) is 2.59. The molecule has 0 bridgehead atoms. The average Bonchev–Trinajstić information content (AvgIpc) is 3.22. The molecular formula is C19H21N5O2. The van der Waals surface area contributed by atoms with Crippen LogP contribution in [0.25, 0.3) is 5.69 Å². The number of nitrogens with zero attached hydrogens (tertiary/aromatic N) is 5. The number of aromatic nitrogens is 4. The van der Waals surface area contributed by atoms with Crippen LogP contribution in [0.15, 0.2) is 54.9 Å². The third kappa shape index (κ3) is 4.05. The molecule has 0 unspecified atom stereocenters. The van der Waals surface area contributed by atoms with Crippen molar-refractivity contribution in [1.82, 2.24) is 25.1 Å². The summed E-state index contributed by atoms with van der Waals surface area (Å²) in [5.74, 6) is 0.822. The van der Waals surface area contributed by atoms with E-state index in [9.17, 15) is 4.79 Å². The second kappa shape index (κ2) is 8.24. The van der Waals surface area contributed by atoms with Gasteiger partial charge < -0.3 is 9.64 Å². The summed E-state index contributed by atoms with van der Waals surface area (Å²) in [5.41, 5.74) is 2.58.